The number of nitrogens with zero attached hydrogens (tertiary/aromatic N) is 1. The molecule has 0 atom stereocenters. The van der Waals surface area contributed by atoms with Crippen molar-refractivity contribution in [2.45, 2.75) is 20.3 Å². The van der Waals surface area contributed by atoms with Crippen LogP contribution in [-0.4, -0.2) is 5.90 Å². The highest BCUT2D eigenvalue weighted by molar-refractivity contribution is 5.96. The number of benzene rings is 3. The Bertz CT molecular complexity index is 915. The summed E-state index contributed by atoms with van der Waals surface area (Å²) in [7, 11) is 0. The maximum Gasteiger partial charge on any atom is 0.226 e. The van der Waals surface area contributed by atoms with Gasteiger partial charge in [-0.2, -0.15) is 0 Å². The van der Waals surface area contributed by atoms with Crippen LogP contribution in [0.15, 0.2) is 102 Å². The highest BCUT2D eigenvalue weighted by Gasteiger charge is 2.10. The van der Waals surface area contributed by atoms with Gasteiger partial charge in [-0.05, 0) is 55.3 Å². The fraction of sp³-hybridized carbons (Fsp3) is 0.125. The minimum absolute atomic E-state index is 0.530. The molecule has 0 bridgehead atoms. The largest absolute Gasteiger partial charge is 0.465 e. The predicted octanol–water partition coefficient (Wildman–Crippen LogP) is 6.48. The Morgan fingerprint density at radius 2 is 1.52 bits per heavy atom. The molecule has 0 aliphatic carbocycles. The summed E-state index contributed by atoms with van der Waals surface area (Å²) in [5, 5.41) is 0. The van der Waals surface area contributed by atoms with Crippen molar-refractivity contribution in [2.24, 2.45) is 4.99 Å². The van der Waals surface area contributed by atoms with Crippen molar-refractivity contribution in [3.05, 3.63) is 102 Å². The molecule has 0 unspecified atom stereocenters. The topological polar surface area (TPSA) is 30.8 Å². The molecule has 3 heteroatoms. The van der Waals surface area contributed by atoms with Gasteiger partial charge in [0.25, 0.3) is 0 Å². The van der Waals surface area contributed by atoms with E-state index < -0.39 is 0 Å². The van der Waals surface area contributed by atoms with Crippen LogP contribution >= 0.6 is 0 Å². The van der Waals surface area contributed by atoms with E-state index in [9.17, 15) is 0 Å². The number of hydrogen-bond donors (Lipinski definition) is 0. The molecule has 3 rings (SSSR count). The van der Waals surface area contributed by atoms with Crippen LogP contribution in [0.4, 0.5) is 5.69 Å². The SMILES string of the molecule is CCC(=C\Oc1cccc(C)c1)/C(=N/c1ccccc1)Oc1ccccc1. The standard InChI is InChI=1S/C24H23NO2/c1-3-20(18-26-23-16-10-11-19(2)17-23)24(25-21-12-6-4-7-13-21)27-22-14-8-5-9-15-22/h4-18H,3H2,1-2H3/b20-18+,25-24-. The molecule has 0 aliphatic rings. The average Bonchev–Trinajstić information content (AvgIpc) is 2.70. The van der Waals surface area contributed by atoms with Crippen molar-refractivity contribution in [1.82, 2.24) is 0 Å². The predicted molar refractivity (Wildman–Crippen MR) is 111 cm³/mol. The minimum atomic E-state index is 0.530. The van der Waals surface area contributed by atoms with Crippen LogP contribution < -0.4 is 9.47 Å². The summed E-state index contributed by atoms with van der Waals surface area (Å²) < 4.78 is 12.0. The molecule has 0 heterocycles. The molecule has 3 aromatic carbocycles. The van der Waals surface area contributed by atoms with Gasteiger partial charge in [0, 0.05) is 5.57 Å². The Labute approximate surface area is 160 Å². The van der Waals surface area contributed by atoms with Crippen LogP contribution in [0.3, 0.4) is 0 Å². The van der Waals surface area contributed by atoms with Crippen molar-refractivity contribution >= 4 is 11.6 Å². The van der Waals surface area contributed by atoms with Gasteiger partial charge >= 0.3 is 0 Å². The first-order valence-electron chi connectivity index (χ1n) is 9.04. The van der Waals surface area contributed by atoms with Gasteiger partial charge in [0.15, 0.2) is 0 Å². The van der Waals surface area contributed by atoms with Crippen molar-refractivity contribution < 1.29 is 9.47 Å². The molecule has 0 saturated carbocycles. The zero-order valence-electron chi connectivity index (χ0n) is 15.6. The molecule has 0 amide bonds. The minimum Gasteiger partial charge on any atom is -0.465 e. The summed E-state index contributed by atoms with van der Waals surface area (Å²) in [5.41, 5.74) is 2.86. The summed E-state index contributed by atoms with van der Waals surface area (Å²) in [6.07, 6.45) is 2.45. The molecule has 27 heavy (non-hydrogen) atoms. The average molecular weight is 357 g/mol. The fourth-order valence-corrected chi connectivity index (χ4v) is 2.49. The third-order valence-corrected chi connectivity index (χ3v) is 3.93. The second-order valence-corrected chi connectivity index (χ2v) is 6.10. The molecular formula is C24H23NO2. The summed E-state index contributed by atoms with van der Waals surface area (Å²) >= 11 is 0. The molecule has 0 spiro atoms. The van der Waals surface area contributed by atoms with Gasteiger partial charge < -0.3 is 9.47 Å². The highest BCUT2D eigenvalue weighted by Crippen LogP contribution is 2.20. The molecule has 0 N–H and O–H groups in total. The van der Waals surface area contributed by atoms with Gasteiger partial charge in [-0.3, -0.25) is 0 Å². The van der Waals surface area contributed by atoms with Crippen LogP contribution in [0.5, 0.6) is 11.5 Å². The lowest BCUT2D eigenvalue weighted by atomic mass is 10.2. The lowest BCUT2D eigenvalue weighted by molar-refractivity contribution is 0.471. The van der Waals surface area contributed by atoms with Crippen molar-refractivity contribution in [1.29, 1.82) is 0 Å². The summed E-state index contributed by atoms with van der Waals surface area (Å²) in [5.74, 6) is 2.06. The number of rotatable bonds is 6. The smallest absolute Gasteiger partial charge is 0.226 e. The van der Waals surface area contributed by atoms with Gasteiger partial charge in [0.05, 0.1) is 11.9 Å². The first-order valence-corrected chi connectivity index (χ1v) is 9.04. The van der Waals surface area contributed by atoms with Crippen LogP contribution in [-0.2, 0) is 0 Å². The van der Waals surface area contributed by atoms with Crippen molar-refractivity contribution in [3.8, 4) is 11.5 Å². The van der Waals surface area contributed by atoms with E-state index in [1.807, 2.05) is 91.9 Å². The Hall–Kier alpha value is -3.33. The van der Waals surface area contributed by atoms with Crippen LogP contribution in [0.1, 0.15) is 18.9 Å². The molecule has 0 aliphatic heterocycles. The fourth-order valence-electron chi connectivity index (χ4n) is 2.49. The van der Waals surface area contributed by atoms with Crippen LogP contribution in [0.2, 0.25) is 0 Å². The van der Waals surface area contributed by atoms with Gasteiger partial charge in [-0.15, -0.1) is 0 Å². The third kappa shape index (κ3) is 5.58. The maximum absolute atomic E-state index is 6.09. The van der Waals surface area contributed by atoms with Gasteiger partial charge in [0.1, 0.15) is 11.5 Å². The summed E-state index contributed by atoms with van der Waals surface area (Å²) in [6.45, 7) is 4.10. The molecule has 0 saturated heterocycles. The molecule has 0 fully saturated rings. The third-order valence-electron chi connectivity index (χ3n) is 3.93. The zero-order chi connectivity index (χ0) is 18.9. The Balaban J connectivity index is 1.91. The normalized spacial score (nSPS) is 11.9. The molecule has 3 nitrogen and oxygen atoms in total. The van der Waals surface area contributed by atoms with E-state index in [0.717, 1.165) is 34.7 Å². The lowest BCUT2D eigenvalue weighted by Gasteiger charge is -2.12. The first-order chi connectivity index (χ1) is 13.2. The second kappa shape index (κ2) is 9.39. The van der Waals surface area contributed by atoms with E-state index >= 15 is 0 Å². The van der Waals surface area contributed by atoms with Crippen LogP contribution in [0, 0.1) is 6.92 Å². The van der Waals surface area contributed by atoms with Gasteiger partial charge in [0.2, 0.25) is 5.90 Å². The number of hydrogen-bond acceptors (Lipinski definition) is 3. The van der Waals surface area contributed by atoms with Crippen LogP contribution in [0.25, 0.3) is 0 Å². The van der Waals surface area contributed by atoms with Crippen molar-refractivity contribution in [2.75, 3.05) is 0 Å². The number of ether oxygens (including phenoxy) is 2. The maximum atomic E-state index is 6.09. The summed E-state index contributed by atoms with van der Waals surface area (Å²) in [6, 6.07) is 27.4. The van der Waals surface area contributed by atoms with E-state index in [1.54, 1.807) is 6.26 Å². The number of aryl methyl sites for hydroxylation is 1. The number of para-hydroxylation sites is 2. The molecular weight excluding hydrogens is 334 g/mol. The van der Waals surface area contributed by atoms with E-state index in [-0.39, 0.29) is 0 Å². The molecule has 0 radical (unpaired) electrons. The van der Waals surface area contributed by atoms with Crippen molar-refractivity contribution in [3.63, 3.8) is 0 Å². The van der Waals surface area contributed by atoms with E-state index in [0.29, 0.717) is 5.90 Å². The molecule has 0 aromatic heterocycles. The quantitative estimate of drug-likeness (QED) is 0.287. The van der Waals surface area contributed by atoms with Gasteiger partial charge in [-0.25, -0.2) is 4.99 Å². The van der Waals surface area contributed by atoms with Gasteiger partial charge in [-0.1, -0.05) is 55.5 Å². The Kier molecular flexibility index (Phi) is 6.42. The lowest BCUT2D eigenvalue weighted by Crippen LogP contribution is -2.12. The Morgan fingerprint density at radius 1 is 0.852 bits per heavy atom. The number of aliphatic imine (C=N–C) groups is 1. The Morgan fingerprint density at radius 3 is 2.19 bits per heavy atom. The zero-order valence-corrected chi connectivity index (χ0v) is 15.6. The van der Waals surface area contributed by atoms with E-state index in [1.165, 1.54) is 0 Å². The molecule has 3 aromatic rings. The highest BCUT2D eigenvalue weighted by atomic mass is 16.5. The van der Waals surface area contributed by atoms with E-state index in [2.05, 4.69) is 6.92 Å². The van der Waals surface area contributed by atoms with E-state index in [4.69, 9.17) is 14.5 Å². The summed E-state index contributed by atoms with van der Waals surface area (Å²) in [4.78, 5) is 4.70. The molecule has 136 valence electrons. The monoisotopic (exact) mass is 357 g/mol. The second-order valence-electron chi connectivity index (χ2n) is 6.10. The first kappa shape index (κ1) is 18.5.